The van der Waals surface area contributed by atoms with Gasteiger partial charge in [0.2, 0.25) is 17.5 Å². The Morgan fingerprint density at radius 2 is 1.68 bits per heavy atom. The van der Waals surface area contributed by atoms with Gasteiger partial charge in [0, 0.05) is 11.5 Å². The van der Waals surface area contributed by atoms with E-state index in [1.165, 1.54) is 0 Å². The molecule has 1 aromatic carbocycles. The van der Waals surface area contributed by atoms with Crippen LogP contribution in [0, 0.1) is 5.92 Å². The third-order valence-corrected chi connectivity index (χ3v) is 4.89. The zero-order chi connectivity index (χ0) is 17.8. The number of aromatic nitrogens is 2. The topological polar surface area (TPSA) is 92.6 Å². The second-order valence-electron chi connectivity index (χ2n) is 6.32. The first-order valence-corrected chi connectivity index (χ1v) is 8.54. The molecule has 0 saturated heterocycles. The number of benzene rings is 1. The molecular weight excluding hydrogens is 322 g/mol. The average Bonchev–Trinajstić information content (AvgIpc) is 3.17. The van der Waals surface area contributed by atoms with Crippen molar-refractivity contribution < 1.29 is 18.7 Å². The first-order valence-electron chi connectivity index (χ1n) is 8.54. The van der Waals surface area contributed by atoms with Gasteiger partial charge in [-0.15, -0.1) is 0 Å². The molecule has 2 aromatic rings. The molecule has 0 atom stereocenters. The van der Waals surface area contributed by atoms with Crippen molar-refractivity contribution in [1.82, 2.24) is 10.1 Å². The summed E-state index contributed by atoms with van der Waals surface area (Å²) < 4.78 is 21.6. The highest BCUT2D eigenvalue weighted by atomic mass is 16.5. The lowest BCUT2D eigenvalue weighted by Gasteiger charge is -2.24. The van der Waals surface area contributed by atoms with Crippen LogP contribution in [-0.4, -0.2) is 38.0 Å². The van der Waals surface area contributed by atoms with Crippen LogP contribution < -0.4 is 19.9 Å². The van der Waals surface area contributed by atoms with E-state index in [2.05, 4.69) is 10.1 Å². The van der Waals surface area contributed by atoms with Crippen molar-refractivity contribution in [2.45, 2.75) is 31.6 Å². The smallest absolute Gasteiger partial charge is 0.230 e. The Hall–Kier alpha value is -2.28. The Morgan fingerprint density at radius 1 is 1.04 bits per heavy atom. The van der Waals surface area contributed by atoms with E-state index in [4.69, 9.17) is 24.5 Å². The maximum atomic E-state index is 5.76. The molecule has 0 aliphatic heterocycles. The largest absolute Gasteiger partial charge is 0.493 e. The lowest BCUT2D eigenvalue weighted by molar-refractivity contribution is 0.275. The number of hydrogen-bond acceptors (Lipinski definition) is 7. The van der Waals surface area contributed by atoms with Gasteiger partial charge in [0.1, 0.15) is 0 Å². The Morgan fingerprint density at radius 3 is 2.20 bits per heavy atom. The summed E-state index contributed by atoms with van der Waals surface area (Å²) in [5, 5.41) is 4.14. The van der Waals surface area contributed by atoms with Crippen LogP contribution in [0.3, 0.4) is 0 Å². The first kappa shape index (κ1) is 17.5. The van der Waals surface area contributed by atoms with E-state index in [-0.39, 0.29) is 0 Å². The summed E-state index contributed by atoms with van der Waals surface area (Å²) in [7, 11) is 4.74. The van der Waals surface area contributed by atoms with Gasteiger partial charge in [-0.2, -0.15) is 4.98 Å². The number of nitrogens with two attached hydrogens (primary N) is 1. The molecule has 1 saturated carbocycles. The zero-order valence-electron chi connectivity index (χ0n) is 14.9. The fourth-order valence-electron chi connectivity index (χ4n) is 3.37. The summed E-state index contributed by atoms with van der Waals surface area (Å²) >= 11 is 0. The van der Waals surface area contributed by atoms with E-state index in [1.54, 1.807) is 21.3 Å². The number of methoxy groups -OCH3 is 3. The van der Waals surface area contributed by atoms with Crippen LogP contribution in [0.5, 0.6) is 17.2 Å². The van der Waals surface area contributed by atoms with Crippen molar-refractivity contribution in [3.8, 4) is 28.6 Å². The molecule has 136 valence electrons. The highest BCUT2D eigenvalue weighted by molar-refractivity contribution is 5.66. The van der Waals surface area contributed by atoms with E-state index in [9.17, 15) is 0 Å². The van der Waals surface area contributed by atoms with Crippen LogP contribution in [0.1, 0.15) is 37.5 Å². The van der Waals surface area contributed by atoms with Gasteiger partial charge in [0.15, 0.2) is 11.5 Å². The monoisotopic (exact) mass is 347 g/mol. The van der Waals surface area contributed by atoms with Crippen molar-refractivity contribution >= 4 is 0 Å². The molecule has 1 aliphatic rings. The fourth-order valence-corrected chi connectivity index (χ4v) is 3.37. The standard InChI is InChI=1S/C18H25N3O4/c1-22-14-8-13(9-15(23-2)16(14)24-3)17-20-18(25-21-17)12-6-4-11(10-19)5-7-12/h8-9,11-12H,4-7,10,19H2,1-3H3. The van der Waals surface area contributed by atoms with Crippen LogP contribution in [0.4, 0.5) is 0 Å². The Kier molecular flexibility index (Phi) is 5.43. The summed E-state index contributed by atoms with van der Waals surface area (Å²) in [5.74, 6) is 3.81. The molecule has 1 heterocycles. The molecule has 0 unspecified atom stereocenters. The number of rotatable bonds is 6. The van der Waals surface area contributed by atoms with Crippen LogP contribution in [-0.2, 0) is 0 Å². The van der Waals surface area contributed by atoms with Crippen LogP contribution in [0.15, 0.2) is 16.7 Å². The molecule has 7 nitrogen and oxygen atoms in total. The molecule has 0 amide bonds. The first-order chi connectivity index (χ1) is 12.2. The second kappa shape index (κ2) is 7.74. The molecule has 1 aromatic heterocycles. The summed E-state index contributed by atoms with van der Waals surface area (Å²) in [5.41, 5.74) is 6.52. The Balaban J connectivity index is 1.85. The van der Waals surface area contributed by atoms with Gasteiger partial charge < -0.3 is 24.5 Å². The van der Waals surface area contributed by atoms with E-state index >= 15 is 0 Å². The maximum absolute atomic E-state index is 5.76. The molecule has 2 N–H and O–H groups in total. The lowest BCUT2D eigenvalue weighted by atomic mass is 9.82. The van der Waals surface area contributed by atoms with Crippen molar-refractivity contribution in [2.24, 2.45) is 11.7 Å². The van der Waals surface area contributed by atoms with Gasteiger partial charge in [-0.25, -0.2) is 0 Å². The predicted molar refractivity (Wildman–Crippen MR) is 93.1 cm³/mol. The van der Waals surface area contributed by atoms with E-state index in [0.29, 0.717) is 40.8 Å². The minimum absolute atomic E-state index is 0.311. The van der Waals surface area contributed by atoms with E-state index in [0.717, 1.165) is 37.8 Å². The van der Waals surface area contributed by atoms with E-state index in [1.807, 2.05) is 12.1 Å². The average molecular weight is 347 g/mol. The second-order valence-corrected chi connectivity index (χ2v) is 6.32. The minimum Gasteiger partial charge on any atom is -0.493 e. The van der Waals surface area contributed by atoms with Gasteiger partial charge >= 0.3 is 0 Å². The molecule has 1 fully saturated rings. The van der Waals surface area contributed by atoms with Crippen molar-refractivity contribution in [3.05, 3.63) is 18.0 Å². The highest BCUT2D eigenvalue weighted by Crippen LogP contribution is 2.41. The molecule has 7 heteroatoms. The Bertz CT molecular complexity index is 683. The van der Waals surface area contributed by atoms with Crippen LogP contribution in [0.25, 0.3) is 11.4 Å². The van der Waals surface area contributed by atoms with Crippen molar-refractivity contribution in [1.29, 1.82) is 0 Å². The third-order valence-electron chi connectivity index (χ3n) is 4.89. The maximum Gasteiger partial charge on any atom is 0.230 e. The SMILES string of the molecule is COc1cc(-c2noc(C3CCC(CN)CC3)n2)cc(OC)c1OC. The van der Waals surface area contributed by atoms with Crippen LogP contribution >= 0.6 is 0 Å². The quantitative estimate of drug-likeness (QED) is 0.858. The summed E-state index contributed by atoms with van der Waals surface area (Å²) in [6.45, 7) is 0.757. The van der Waals surface area contributed by atoms with Gasteiger partial charge in [0.05, 0.1) is 21.3 Å². The summed E-state index contributed by atoms with van der Waals surface area (Å²) in [6.07, 6.45) is 4.31. The van der Waals surface area contributed by atoms with Crippen molar-refractivity contribution in [2.75, 3.05) is 27.9 Å². The summed E-state index contributed by atoms with van der Waals surface area (Å²) in [4.78, 5) is 4.60. The zero-order valence-corrected chi connectivity index (χ0v) is 14.9. The van der Waals surface area contributed by atoms with E-state index < -0.39 is 0 Å². The van der Waals surface area contributed by atoms with Gasteiger partial charge in [-0.3, -0.25) is 0 Å². The molecule has 3 rings (SSSR count). The Labute approximate surface area is 147 Å². The van der Waals surface area contributed by atoms with Gasteiger partial charge in [-0.05, 0) is 50.3 Å². The molecular formula is C18H25N3O4. The lowest BCUT2D eigenvalue weighted by Crippen LogP contribution is -2.20. The molecule has 1 aliphatic carbocycles. The van der Waals surface area contributed by atoms with Crippen molar-refractivity contribution in [3.63, 3.8) is 0 Å². The van der Waals surface area contributed by atoms with Gasteiger partial charge in [0.25, 0.3) is 0 Å². The normalized spacial score (nSPS) is 20.3. The number of nitrogens with zero attached hydrogens (tertiary/aromatic N) is 2. The number of hydrogen-bond donors (Lipinski definition) is 1. The fraction of sp³-hybridized carbons (Fsp3) is 0.556. The highest BCUT2D eigenvalue weighted by Gasteiger charge is 2.26. The molecule has 0 radical (unpaired) electrons. The molecule has 0 spiro atoms. The molecule has 0 bridgehead atoms. The third kappa shape index (κ3) is 3.56. The summed E-state index contributed by atoms with van der Waals surface area (Å²) in [6, 6.07) is 3.64. The predicted octanol–water partition coefficient (Wildman–Crippen LogP) is 2.99. The minimum atomic E-state index is 0.311. The van der Waals surface area contributed by atoms with Gasteiger partial charge in [-0.1, -0.05) is 5.16 Å². The van der Waals surface area contributed by atoms with Crippen LogP contribution in [0.2, 0.25) is 0 Å². The molecule has 25 heavy (non-hydrogen) atoms. The number of ether oxygens (including phenoxy) is 3.